The van der Waals surface area contributed by atoms with Gasteiger partial charge in [-0.3, -0.25) is 4.98 Å². The fourth-order valence-electron chi connectivity index (χ4n) is 2.14. The molecule has 2 aromatic heterocycles. The zero-order chi connectivity index (χ0) is 13.1. The molecule has 0 amide bonds. The number of rotatable bonds is 4. The van der Waals surface area contributed by atoms with Crippen LogP contribution in [0.3, 0.4) is 0 Å². The van der Waals surface area contributed by atoms with Gasteiger partial charge in [-0.2, -0.15) is 0 Å². The van der Waals surface area contributed by atoms with E-state index < -0.39 is 0 Å². The van der Waals surface area contributed by atoms with Gasteiger partial charge >= 0.3 is 0 Å². The van der Waals surface area contributed by atoms with E-state index in [1.165, 1.54) is 5.56 Å². The summed E-state index contributed by atoms with van der Waals surface area (Å²) in [5.74, 6) is 0.858. The molecule has 0 saturated heterocycles. The van der Waals surface area contributed by atoms with Gasteiger partial charge in [0.1, 0.15) is 5.82 Å². The van der Waals surface area contributed by atoms with Gasteiger partial charge < -0.3 is 10.1 Å². The number of H-pyrrole nitrogens is 1. The molecular weight excluding hydrogens is 238 g/mol. The minimum absolute atomic E-state index is 0.225. The van der Waals surface area contributed by atoms with Crippen LogP contribution in [0.2, 0.25) is 0 Å². The Morgan fingerprint density at radius 2 is 1.95 bits per heavy atom. The summed E-state index contributed by atoms with van der Waals surface area (Å²) < 4.78 is 0. The van der Waals surface area contributed by atoms with Crippen LogP contribution < -0.4 is 0 Å². The summed E-state index contributed by atoms with van der Waals surface area (Å²) in [6, 6.07) is 10.1. The molecule has 96 valence electrons. The quantitative estimate of drug-likeness (QED) is 0.751. The van der Waals surface area contributed by atoms with E-state index in [1.54, 1.807) is 12.4 Å². The molecule has 3 rings (SSSR count). The van der Waals surface area contributed by atoms with Crippen molar-refractivity contribution in [3.63, 3.8) is 0 Å². The molecule has 19 heavy (non-hydrogen) atoms. The zero-order valence-corrected chi connectivity index (χ0v) is 10.5. The fourth-order valence-corrected chi connectivity index (χ4v) is 2.14. The number of fused-ring (bicyclic) bond motifs is 1. The highest BCUT2D eigenvalue weighted by Crippen LogP contribution is 2.21. The number of aryl methyl sites for hydroxylation is 1. The molecule has 0 atom stereocenters. The van der Waals surface area contributed by atoms with Crippen LogP contribution in [0.25, 0.3) is 22.4 Å². The number of aromatic nitrogens is 3. The molecule has 0 saturated carbocycles. The van der Waals surface area contributed by atoms with E-state index in [2.05, 4.69) is 27.1 Å². The van der Waals surface area contributed by atoms with Gasteiger partial charge in [0.2, 0.25) is 0 Å². The normalized spacial score (nSPS) is 11.0. The molecule has 2 N–H and O–H groups in total. The van der Waals surface area contributed by atoms with Crippen molar-refractivity contribution in [1.82, 2.24) is 15.0 Å². The van der Waals surface area contributed by atoms with E-state index in [-0.39, 0.29) is 6.61 Å². The van der Waals surface area contributed by atoms with Crippen molar-refractivity contribution < 1.29 is 5.11 Å². The van der Waals surface area contributed by atoms with E-state index >= 15 is 0 Å². The number of aliphatic hydroxyl groups excluding tert-OH is 1. The summed E-state index contributed by atoms with van der Waals surface area (Å²) in [7, 11) is 0. The largest absolute Gasteiger partial charge is 0.396 e. The number of nitrogens with zero attached hydrogens (tertiary/aromatic N) is 2. The average molecular weight is 253 g/mol. The summed E-state index contributed by atoms with van der Waals surface area (Å²) >= 11 is 0. The summed E-state index contributed by atoms with van der Waals surface area (Å²) in [5.41, 5.74) is 4.23. The number of hydrogen-bond donors (Lipinski definition) is 2. The summed E-state index contributed by atoms with van der Waals surface area (Å²) in [6.07, 6.45) is 5.19. The Morgan fingerprint density at radius 3 is 2.74 bits per heavy atom. The molecule has 4 nitrogen and oxygen atoms in total. The van der Waals surface area contributed by atoms with Crippen molar-refractivity contribution >= 4 is 11.0 Å². The Bertz CT molecular complexity index is 676. The van der Waals surface area contributed by atoms with E-state index in [0.29, 0.717) is 0 Å². The lowest BCUT2D eigenvalue weighted by Gasteiger charge is -1.98. The number of aromatic amines is 1. The fraction of sp³-hybridized carbons (Fsp3) is 0.200. The van der Waals surface area contributed by atoms with E-state index in [1.807, 2.05) is 18.2 Å². The molecule has 0 aliphatic heterocycles. The van der Waals surface area contributed by atoms with Crippen LogP contribution in [0.15, 0.2) is 42.7 Å². The third-order valence-electron chi connectivity index (χ3n) is 3.12. The SMILES string of the molecule is OCCCc1ccc2nc(-c3ccncc3)[nH]c2c1. The Balaban J connectivity index is 1.97. The van der Waals surface area contributed by atoms with Crippen LogP contribution in [0, 0.1) is 0 Å². The highest BCUT2D eigenvalue weighted by molar-refractivity contribution is 5.79. The molecule has 0 fully saturated rings. The monoisotopic (exact) mass is 253 g/mol. The third kappa shape index (κ3) is 2.48. The molecule has 1 aromatic carbocycles. The van der Waals surface area contributed by atoms with Gasteiger partial charge in [0, 0.05) is 24.6 Å². The number of benzene rings is 1. The second kappa shape index (κ2) is 5.20. The maximum Gasteiger partial charge on any atom is 0.138 e. The van der Waals surface area contributed by atoms with Gasteiger partial charge in [-0.25, -0.2) is 4.98 Å². The van der Waals surface area contributed by atoms with Crippen LogP contribution in [0.5, 0.6) is 0 Å². The molecule has 0 spiro atoms. The summed E-state index contributed by atoms with van der Waals surface area (Å²) in [6.45, 7) is 0.225. The first kappa shape index (κ1) is 11.9. The topological polar surface area (TPSA) is 61.8 Å². The minimum Gasteiger partial charge on any atom is -0.396 e. The second-order valence-electron chi connectivity index (χ2n) is 4.50. The molecule has 0 aliphatic carbocycles. The van der Waals surface area contributed by atoms with Crippen LogP contribution in [0.1, 0.15) is 12.0 Å². The van der Waals surface area contributed by atoms with Gasteiger partial charge in [-0.05, 0) is 42.7 Å². The predicted molar refractivity (Wildman–Crippen MR) is 74.7 cm³/mol. The van der Waals surface area contributed by atoms with Gasteiger partial charge in [-0.15, -0.1) is 0 Å². The third-order valence-corrected chi connectivity index (χ3v) is 3.12. The first-order valence-corrected chi connectivity index (χ1v) is 6.37. The van der Waals surface area contributed by atoms with Gasteiger partial charge in [0.25, 0.3) is 0 Å². The lowest BCUT2D eigenvalue weighted by molar-refractivity contribution is 0.288. The minimum atomic E-state index is 0.225. The molecule has 0 radical (unpaired) electrons. The Labute approximate surface area is 111 Å². The maximum absolute atomic E-state index is 8.87. The number of pyridine rings is 1. The first-order valence-electron chi connectivity index (χ1n) is 6.37. The molecule has 0 unspecified atom stereocenters. The molecule has 2 heterocycles. The summed E-state index contributed by atoms with van der Waals surface area (Å²) in [4.78, 5) is 11.9. The zero-order valence-electron chi connectivity index (χ0n) is 10.5. The van der Waals surface area contributed by atoms with Crippen LogP contribution in [0.4, 0.5) is 0 Å². The molecule has 3 aromatic rings. The van der Waals surface area contributed by atoms with E-state index in [0.717, 1.165) is 35.3 Å². The highest BCUT2D eigenvalue weighted by Gasteiger charge is 2.05. The Kier molecular flexibility index (Phi) is 3.25. The molecule has 4 heteroatoms. The predicted octanol–water partition coefficient (Wildman–Crippen LogP) is 2.55. The van der Waals surface area contributed by atoms with Gasteiger partial charge in [-0.1, -0.05) is 6.07 Å². The lowest BCUT2D eigenvalue weighted by Crippen LogP contribution is -1.88. The smallest absolute Gasteiger partial charge is 0.138 e. The number of aliphatic hydroxyl groups is 1. The maximum atomic E-state index is 8.87. The number of hydrogen-bond acceptors (Lipinski definition) is 3. The number of imidazole rings is 1. The van der Waals surface area contributed by atoms with Crippen molar-refractivity contribution in [2.45, 2.75) is 12.8 Å². The van der Waals surface area contributed by atoms with Crippen molar-refractivity contribution in [2.75, 3.05) is 6.61 Å². The van der Waals surface area contributed by atoms with E-state index in [4.69, 9.17) is 5.11 Å². The Hall–Kier alpha value is -2.20. The van der Waals surface area contributed by atoms with Crippen LogP contribution >= 0.6 is 0 Å². The second-order valence-corrected chi connectivity index (χ2v) is 4.50. The number of nitrogens with one attached hydrogen (secondary N) is 1. The average Bonchev–Trinajstić information content (AvgIpc) is 2.89. The lowest BCUT2D eigenvalue weighted by atomic mass is 10.1. The molecular formula is C15H15N3O. The Morgan fingerprint density at radius 1 is 1.11 bits per heavy atom. The van der Waals surface area contributed by atoms with Crippen molar-refractivity contribution in [3.05, 3.63) is 48.3 Å². The van der Waals surface area contributed by atoms with Crippen LogP contribution in [-0.4, -0.2) is 26.7 Å². The molecule has 0 aliphatic rings. The van der Waals surface area contributed by atoms with Gasteiger partial charge in [0.15, 0.2) is 0 Å². The van der Waals surface area contributed by atoms with Gasteiger partial charge in [0.05, 0.1) is 11.0 Å². The van der Waals surface area contributed by atoms with Crippen molar-refractivity contribution in [2.24, 2.45) is 0 Å². The standard InChI is InChI=1S/C15H15N3O/c19-9-1-2-11-3-4-13-14(10-11)18-15(17-13)12-5-7-16-8-6-12/h3-8,10,19H,1-2,9H2,(H,17,18). The van der Waals surface area contributed by atoms with Crippen molar-refractivity contribution in [3.8, 4) is 11.4 Å². The van der Waals surface area contributed by atoms with E-state index in [9.17, 15) is 0 Å². The highest BCUT2D eigenvalue weighted by atomic mass is 16.2. The first-order chi connectivity index (χ1) is 9.36. The molecule has 0 bridgehead atoms. The van der Waals surface area contributed by atoms with Crippen molar-refractivity contribution in [1.29, 1.82) is 0 Å². The van der Waals surface area contributed by atoms with Crippen LogP contribution in [-0.2, 0) is 6.42 Å². The summed E-state index contributed by atoms with van der Waals surface area (Å²) in [5, 5.41) is 8.87.